The fourth-order valence-electron chi connectivity index (χ4n) is 3.27. The van der Waals surface area contributed by atoms with E-state index in [4.69, 9.17) is 5.73 Å². The van der Waals surface area contributed by atoms with E-state index < -0.39 is 6.04 Å². The number of carbonyl (C=O) groups excluding carboxylic acids is 2. The summed E-state index contributed by atoms with van der Waals surface area (Å²) in [4.78, 5) is 26.4. The second-order valence-electron chi connectivity index (χ2n) is 7.58. The van der Waals surface area contributed by atoms with E-state index in [0.717, 1.165) is 25.9 Å². The van der Waals surface area contributed by atoms with Gasteiger partial charge in [0.05, 0.1) is 12.6 Å². The molecule has 1 aromatic carbocycles. The summed E-state index contributed by atoms with van der Waals surface area (Å²) in [5.41, 5.74) is 7.09. The first-order chi connectivity index (χ1) is 12.4. The average molecular weight is 361 g/mol. The Balaban J connectivity index is 1.73. The Morgan fingerprint density at radius 1 is 1.27 bits per heavy atom. The molecule has 4 N–H and O–H groups in total. The van der Waals surface area contributed by atoms with E-state index in [-0.39, 0.29) is 30.3 Å². The smallest absolute Gasteiger partial charge is 0.239 e. The number of nitrogens with zero attached hydrogens (tertiary/aromatic N) is 1. The van der Waals surface area contributed by atoms with Crippen LogP contribution in [0, 0.1) is 5.92 Å². The Kier molecular flexibility index (Phi) is 7.60. The lowest BCUT2D eigenvalue weighted by Gasteiger charge is -2.38. The molecular weight excluding hydrogens is 328 g/mol. The maximum Gasteiger partial charge on any atom is 0.239 e. The molecule has 2 rings (SSSR count). The lowest BCUT2D eigenvalue weighted by atomic mass is 9.97. The van der Waals surface area contributed by atoms with Gasteiger partial charge in [0.1, 0.15) is 0 Å². The Morgan fingerprint density at radius 3 is 2.58 bits per heavy atom. The Bertz CT molecular complexity index is 591. The highest BCUT2D eigenvalue weighted by molar-refractivity contribution is 5.87. The number of benzene rings is 1. The standard InChI is InChI=1S/C20H32N4O2/c1-14(2)19(21)20(26)22-12-18(25)23-17-9-10-24(15(3)11-17)13-16-7-5-4-6-8-16/h4-8,14-15,17,19H,9-13,21H2,1-3H3,(H,22,26)(H,23,25)/t15?,17?,19-/m0/s1. The van der Waals surface area contributed by atoms with Crippen LogP contribution in [0.2, 0.25) is 0 Å². The summed E-state index contributed by atoms with van der Waals surface area (Å²) >= 11 is 0. The van der Waals surface area contributed by atoms with Gasteiger partial charge < -0.3 is 16.4 Å². The second kappa shape index (κ2) is 9.69. The molecule has 0 aromatic heterocycles. The zero-order valence-corrected chi connectivity index (χ0v) is 16.1. The molecule has 0 aliphatic carbocycles. The molecule has 2 unspecified atom stereocenters. The SMILES string of the molecule is CC(C)[C@H](N)C(=O)NCC(=O)NC1CCN(Cc2ccccc2)C(C)C1. The molecule has 2 amide bonds. The molecule has 0 bridgehead atoms. The minimum atomic E-state index is -0.580. The van der Waals surface area contributed by atoms with Crippen LogP contribution < -0.4 is 16.4 Å². The molecule has 6 nitrogen and oxygen atoms in total. The zero-order chi connectivity index (χ0) is 19.1. The van der Waals surface area contributed by atoms with E-state index in [1.165, 1.54) is 5.56 Å². The molecule has 0 spiro atoms. The van der Waals surface area contributed by atoms with E-state index >= 15 is 0 Å². The van der Waals surface area contributed by atoms with Gasteiger partial charge in [-0.15, -0.1) is 0 Å². The van der Waals surface area contributed by atoms with Crippen LogP contribution in [-0.2, 0) is 16.1 Å². The monoisotopic (exact) mass is 360 g/mol. The van der Waals surface area contributed by atoms with Crippen molar-refractivity contribution < 1.29 is 9.59 Å². The molecule has 1 saturated heterocycles. The van der Waals surface area contributed by atoms with Crippen molar-refractivity contribution in [2.75, 3.05) is 13.1 Å². The molecule has 26 heavy (non-hydrogen) atoms. The summed E-state index contributed by atoms with van der Waals surface area (Å²) in [5, 5.41) is 5.66. The van der Waals surface area contributed by atoms with Crippen LogP contribution >= 0.6 is 0 Å². The van der Waals surface area contributed by atoms with Gasteiger partial charge in [0.15, 0.2) is 0 Å². The normalized spacial score (nSPS) is 22.0. The number of likely N-dealkylation sites (tertiary alicyclic amines) is 1. The highest BCUT2D eigenvalue weighted by Gasteiger charge is 2.26. The van der Waals surface area contributed by atoms with Crippen molar-refractivity contribution in [3.8, 4) is 0 Å². The van der Waals surface area contributed by atoms with Crippen LogP contribution in [-0.4, -0.2) is 47.9 Å². The van der Waals surface area contributed by atoms with Crippen molar-refractivity contribution in [3.05, 3.63) is 35.9 Å². The lowest BCUT2D eigenvalue weighted by molar-refractivity contribution is -0.127. The van der Waals surface area contributed by atoms with E-state index in [1.54, 1.807) is 0 Å². The second-order valence-corrected chi connectivity index (χ2v) is 7.58. The van der Waals surface area contributed by atoms with E-state index in [2.05, 4.69) is 46.7 Å². The van der Waals surface area contributed by atoms with Crippen LogP contribution in [0.25, 0.3) is 0 Å². The number of nitrogens with one attached hydrogen (secondary N) is 2. The first-order valence-corrected chi connectivity index (χ1v) is 9.47. The third kappa shape index (κ3) is 6.11. The molecule has 0 radical (unpaired) electrons. The summed E-state index contributed by atoms with van der Waals surface area (Å²) < 4.78 is 0. The number of amides is 2. The molecule has 6 heteroatoms. The molecule has 3 atom stereocenters. The summed E-state index contributed by atoms with van der Waals surface area (Å²) in [6.45, 7) is 7.84. The maximum absolute atomic E-state index is 12.1. The van der Waals surface area contributed by atoms with Crippen molar-refractivity contribution >= 4 is 11.8 Å². The van der Waals surface area contributed by atoms with Crippen LogP contribution in [0.15, 0.2) is 30.3 Å². The van der Waals surface area contributed by atoms with Crippen molar-refractivity contribution in [1.82, 2.24) is 15.5 Å². The number of rotatable bonds is 7. The minimum Gasteiger partial charge on any atom is -0.352 e. The van der Waals surface area contributed by atoms with Gasteiger partial charge in [0, 0.05) is 25.2 Å². The summed E-state index contributed by atoms with van der Waals surface area (Å²) in [5.74, 6) is -0.378. The predicted molar refractivity (Wildman–Crippen MR) is 103 cm³/mol. The van der Waals surface area contributed by atoms with Gasteiger partial charge in [-0.25, -0.2) is 0 Å². The lowest BCUT2D eigenvalue weighted by Crippen LogP contribution is -2.51. The Labute approximate surface area is 156 Å². The molecule has 0 saturated carbocycles. The van der Waals surface area contributed by atoms with Crippen molar-refractivity contribution in [2.24, 2.45) is 11.7 Å². The molecular formula is C20H32N4O2. The highest BCUT2D eigenvalue weighted by Crippen LogP contribution is 2.19. The van der Waals surface area contributed by atoms with Crippen LogP contribution in [0.1, 0.15) is 39.2 Å². The summed E-state index contributed by atoms with van der Waals surface area (Å²) in [6, 6.07) is 10.4. The zero-order valence-electron chi connectivity index (χ0n) is 16.1. The van der Waals surface area contributed by atoms with Crippen LogP contribution in [0.5, 0.6) is 0 Å². The fourth-order valence-corrected chi connectivity index (χ4v) is 3.27. The predicted octanol–water partition coefficient (Wildman–Crippen LogP) is 1.26. The first kappa shape index (κ1) is 20.4. The van der Waals surface area contributed by atoms with Gasteiger partial charge in [-0.05, 0) is 31.2 Å². The Morgan fingerprint density at radius 2 is 1.96 bits per heavy atom. The first-order valence-electron chi connectivity index (χ1n) is 9.47. The third-order valence-corrected chi connectivity index (χ3v) is 5.05. The minimum absolute atomic E-state index is 0.0160. The van der Waals surface area contributed by atoms with Crippen molar-refractivity contribution in [3.63, 3.8) is 0 Å². The van der Waals surface area contributed by atoms with E-state index in [0.29, 0.717) is 6.04 Å². The topological polar surface area (TPSA) is 87.5 Å². The average Bonchev–Trinajstić information content (AvgIpc) is 2.62. The summed E-state index contributed by atoms with van der Waals surface area (Å²) in [7, 11) is 0. The van der Waals surface area contributed by atoms with Gasteiger partial charge >= 0.3 is 0 Å². The Hall–Kier alpha value is -1.92. The van der Waals surface area contributed by atoms with Gasteiger partial charge in [-0.1, -0.05) is 44.2 Å². The van der Waals surface area contributed by atoms with Crippen molar-refractivity contribution in [2.45, 2.75) is 58.3 Å². The molecule has 1 fully saturated rings. The highest BCUT2D eigenvalue weighted by atomic mass is 16.2. The summed E-state index contributed by atoms with van der Waals surface area (Å²) in [6.07, 6.45) is 1.83. The quantitative estimate of drug-likeness (QED) is 0.683. The number of hydrogen-bond acceptors (Lipinski definition) is 4. The van der Waals surface area contributed by atoms with Gasteiger partial charge in [0.25, 0.3) is 0 Å². The van der Waals surface area contributed by atoms with Gasteiger partial charge in [0.2, 0.25) is 11.8 Å². The molecule has 144 valence electrons. The number of nitrogens with two attached hydrogens (primary N) is 1. The number of piperidine rings is 1. The largest absolute Gasteiger partial charge is 0.352 e. The van der Waals surface area contributed by atoms with E-state index in [1.807, 2.05) is 19.9 Å². The van der Waals surface area contributed by atoms with Gasteiger partial charge in [-0.2, -0.15) is 0 Å². The fraction of sp³-hybridized carbons (Fsp3) is 0.600. The number of carbonyl (C=O) groups is 2. The van der Waals surface area contributed by atoms with Crippen LogP contribution in [0.3, 0.4) is 0 Å². The molecule has 1 aliphatic heterocycles. The van der Waals surface area contributed by atoms with E-state index in [9.17, 15) is 9.59 Å². The molecule has 1 heterocycles. The number of hydrogen-bond donors (Lipinski definition) is 3. The van der Waals surface area contributed by atoms with Crippen molar-refractivity contribution in [1.29, 1.82) is 0 Å². The molecule has 1 aliphatic rings. The van der Waals surface area contributed by atoms with Gasteiger partial charge in [-0.3, -0.25) is 14.5 Å². The third-order valence-electron chi connectivity index (χ3n) is 5.05. The van der Waals surface area contributed by atoms with Crippen LogP contribution in [0.4, 0.5) is 0 Å². The molecule has 1 aromatic rings. The maximum atomic E-state index is 12.1.